The lowest BCUT2D eigenvalue weighted by Gasteiger charge is -2.08. The topological polar surface area (TPSA) is 36.0 Å². The van der Waals surface area contributed by atoms with Crippen LogP contribution in [-0.4, -0.2) is 16.2 Å². The molecule has 2 nitrogen and oxygen atoms in total. The van der Waals surface area contributed by atoms with Gasteiger partial charge in [-0.05, 0) is 23.4 Å². The summed E-state index contributed by atoms with van der Waals surface area (Å²) in [6.07, 6.45) is 3.24. The molecule has 14 heavy (non-hydrogen) atoms. The first-order valence-electron chi connectivity index (χ1n) is 5.04. The predicted octanol–water partition coefficient (Wildman–Crippen LogP) is 2.48. The van der Waals surface area contributed by atoms with Crippen LogP contribution in [0.2, 0.25) is 0 Å². The highest BCUT2D eigenvalue weighted by molar-refractivity contribution is 5.82. The third-order valence-electron chi connectivity index (χ3n) is 2.60. The molecule has 0 saturated heterocycles. The van der Waals surface area contributed by atoms with Gasteiger partial charge in [-0.1, -0.05) is 25.1 Å². The van der Waals surface area contributed by atoms with Crippen LogP contribution in [0.4, 0.5) is 0 Å². The molecule has 0 aliphatic heterocycles. The molecule has 2 heteroatoms. The van der Waals surface area contributed by atoms with Gasteiger partial charge in [0.1, 0.15) is 0 Å². The van der Waals surface area contributed by atoms with E-state index in [1.54, 1.807) is 0 Å². The van der Waals surface area contributed by atoms with Crippen molar-refractivity contribution in [2.75, 3.05) is 0 Å². The molecule has 0 radical (unpaired) electrons. The van der Waals surface area contributed by atoms with E-state index in [4.69, 9.17) is 0 Å². The molecule has 1 unspecified atom stereocenters. The minimum Gasteiger partial charge on any atom is -0.393 e. The predicted molar refractivity (Wildman–Crippen MR) is 58.3 cm³/mol. The lowest BCUT2D eigenvalue weighted by atomic mass is 10.0. The lowest BCUT2D eigenvalue weighted by molar-refractivity contribution is 0.171. The van der Waals surface area contributed by atoms with Gasteiger partial charge >= 0.3 is 0 Å². The van der Waals surface area contributed by atoms with Crippen LogP contribution in [0.3, 0.4) is 0 Å². The molecule has 0 spiro atoms. The molecule has 74 valence electrons. The Hall–Kier alpha value is -1.28. The van der Waals surface area contributed by atoms with E-state index in [-0.39, 0.29) is 6.10 Å². The molecule has 0 saturated carbocycles. The number of aromatic nitrogens is 1. The highest BCUT2D eigenvalue weighted by atomic mass is 16.3. The van der Waals surface area contributed by atoms with Crippen molar-refractivity contribution in [3.8, 4) is 0 Å². The van der Waals surface area contributed by atoms with Crippen molar-refractivity contribution >= 4 is 10.9 Å². The van der Waals surface area contributed by atoms with Crippen LogP contribution in [0.25, 0.3) is 10.9 Å². The van der Waals surface area contributed by atoms with Crippen LogP contribution >= 0.6 is 0 Å². The van der Waals surface area contributed by atoms with E-state index in [9.17, 15) is 5.11 Å². The summed E-state index contributed by atoms with van der Waals surface area (Å²) in [5, 5.41) is 10.8. The fourth-order valence-electron chi connectivity index (χ4n) is 1.72. The van der Waals surface area contributed by atoms with Gasteiger partial charge in [-0.2, -0.15) is 0 Å². The normalized spacial score (nSPS) is 13.3. The van der Waals surface area contributed by atoms with E-state index in [1.165, 1.54) is 10.9 Å². The van der Waals surface area contributed by atoms with Gasteiger partial charge in [-0.15, -0.1) is 0 Å². The molecule has 0 amide bonds. The van der Waals surface area contributed by atoms with Crippen LogP contribution < -0.4 is 0 Å². The minimum absolute atomic E-state index is 0.233. The molecular formula is C12H15NO. The molecule has 1 aromatic carbocycles. The van der Waals surface area contributed by atoms with Crippen molar-refractivity contribution in [2.24, 2.45) is 0 Å². The Labute approximate surface area is 83.6 Å². The van der Waals surface area contributed by atoms with Crippen molar-refractivity contribution in [1.82, 2.24) is 4.98 Å². The number of nitrogens with one attached hydrogen (secondary N) is 1. The summed E-state index contributed by atoms with van der Waals surface area (Å²) in [7, 11) is 0. The van der Waals surface area contributed by atoms with E-state index < -0.39 is 0 Å². The first-order chi connectivity index (χ1) is 6.81. The highest BCUT2D eigenvalue weighted by Gasteiger charge is 2.06. The smallest absolute Gasteiger partial charge is 0.0578 e. The van der Waals surface area contributed by atoms with E-state index in [0.29, 0.717) is 0 Å². The monoisotopic (exact) mass is 189 g/mol. The Bertz CT molecular complexity index is 419. The van der Waals surface area contributed by atoms with Gasteiger partial charge in [0.05, 0.1) is 6.10 Å². The van der Waals surface area contributed by atoms with Gasteiger partial charge in [-0.25, -0.2) is 0 Å². The zero-order chi connectivity index (χ0) is 9.97. The number of fused-ring (bicyclic) bond motifs is 1. The lowest BCUT2D eigenvalue weighted by Crippen LogP contribution is -2.08. The maximum atomic E-state index is 9.59. The fraction of sp³-hybridized carbons (Fsp3) is 0.333. The van der Waals surface area contributed by atoms with Crippen molar-refractivity contribution in [2.45, 2.75) is 25.9 Å². The molecular weight excluding hydrogens is 174 g/mol. The molecule has 1 heterocycles. The summed E-state index contributed by atoms with van der Waals surface area (Å²) in [5.74, 6) is 0. The van der Waals surface area contributed by atoms with Gasteiger partial charge in [0.25, 0.3) is 0 Å². The van der Waals surface area contributed by atoms with E-state index in [1.807, 2.05) is 19.2 Å². The van der Waals surface area contributed by atoms with Gasteiger partial charge in [0.15, 0.2) is 0 Å². The summed E-state index contributed by atoms with van der Waals surface area (Å²) >= 11 is 0. The van der Waals surface area contributed by atoms with Gasteiger partial charge in [0, 0.05) is 18.1 Å². The Kier molecular flexibility index (Phi) is 2.55. The molecule has 0 aliphatic carbocycles. The average molecular weight is 189 g/mol. The van der Waals surface area contributed by atoms with Gasteiger partial charge < -0.3 is 10.1 Å². The minimum atomic E-state index is -0.233. The van der Waals surface area contributed by atoms with Crippen molar-refractivity contribution < 1.29 is 5.11 Å². The molecule has 0 fully saturated rings. The molecule has 0 aliphatic rings. The number of aliphatic hydroxyl groups excluding tert-OH is 1. The van der Waals surface area contributed by atoms with E-state index >= 15 is 0 Å². The SMILES string of the molecule is CCC(O)Cc1cccc2cc[nH]c12. The quantitative estimate of drug-likeness (QED) is 0.764. The number of hydrogen-bond donors (Lipinski definition) is 2. The summed E-state index contributed by atoms with van der Waals surface area (Å²) in [6.45, 7) is 2.00. The van der Waals surface area contributed by atoms with Crippen LogP contribution in [0.5, 0.6) is 0 Å². The van der Waals surface area contributed by atoms with Crippen molar-refractivity contribution in [1.29, 1.82) is 0 Å². The summed E-state index contributed by atoms with van der Waals surface area (Å²) in [5.41, 5.74) is 2.35. The van der Waals surface area contributed by atoms with Crippen molar-refractivity contribution in [3.63, 3.8) is 0 Å². The van der Waals surface area contributed by atoms with Gasteiger partial charge in [0.2, 0.25) is 0 Å². The number of hydrogen-bond acceptors (Lipinski definition) is 1. The molecule has 2 rings (SSSR count). The zero-order valence-electron chi connectivity index (χ0n) is 8.33. The summed E-state index contributed by atoms with van der Waals surface area (Å²) in [4.78, 5) is 3.21. The Morgan fingerprint density at radius 3 is 3.00 bits per heavy atom. The average Bonchev–Trinajstić information content (AvgIpc) is 2.66. The molecule has 2 aromatic rings. The van der Waals surface area contributed by atoms with Crippen LogP contribution in [0.1, 0.15) is 18.9 Å². The number of H-pyrrole nitrogens is 1. The first-order valence-corrected chi connectivity index (χ1v) is 5.04. The third-order valence-corrected chi connectivity index (χ3v) is 2.60. The third kappa shape index (κ3) is 1.66. The number of para-hydroxylation sites is 1. The number of benzene rings is 1. The van der Waals surface area contributed by atoms with E-state index in [2.05, 4.69) is 23.2 Å². The Morgan fingerprint density at radius 1 is 1.36 bits per heavy atom. The summed E-state index contributed by atoms with van der Waals surface area (Å²) < 4.78 is 0. The van der Waals surface area contributed by atoms with Crippen LogP contribution in [0, 0.1) is 0 Å². The van der Waals surface area contributed by atoms with Gasteiger partial charge in [-0.3, -0.25) is 0 Å². The Morgan fingerprint density at radius 2 is 2.21 bits per heavy atom. The van der Waals surface area contributed by atoms with Crippen LogP contribution in [-0.2, 0) is 6.42 Å². The molecule has 1 aromatic heterocycles. The fourth-order valence-corrected chi connectivity index (χ4v) is 1.72. The maximum Gasteiger partial charge on any atom is 0.0578 e. The first kappa shape index (κ1) is 9.28. The van der Waals surface area contributed by atoms with Crippen LogP contribution in [0.15, 0.2) is 30.5 Å². The van der Waals surface area contributed by atoms with Crippen molar-refractivity contribution in [3.05, 3.63) is 36.0 Å². The van der Waals surface area contributed by atoms with E-state index in [0.717, 1.165) is 18.4 Å². The summed E-state index contributed by atoms with van der Waals surface area (Å²) in [6, 6.07) is 8.23. The second-order valence-corrected chi connectivity index (χ2v) is 3.63. The maximum absolute atomic E-state index is 9.59. The number of rotatable bonds is 3. The second kappa shape index (κ2) is 3.84. The number of aromatic amines is 1. The molecule has 0 bridgehead atoms. The molecule has 1 atom stereocenters. The standard InChI is InChI=1S/C12H15NO/c1-2-11(14)8-10-5-3-4-9-6-7-13-12(9)10/h3-7,11,13-14H,2,8H2,1H3. The largest absolute Gasteiger partial charge is 0.393 e. The molecule has 2 N–H and O–H groups in total. The highest BCUT2D eigenvalue weighted by Crippen LogP contribution is 2.18. The Balaban J connectivity index is 2.36. The number of aliphatic hydroxyl groups is 1. The second-order valence-electron chi connectivity index (χ2n) is 3.63. The zero-order valence-corrected chi connectivity index (χ0v) is 8.33.